The molecule has 2 aromatic rings. The first kappa shape index (κ1) is 17.9. The Bertz CT molecular complexity index is 892. The van der Waals surface area contributed by atoms with Gasteiger partial charge in [0.1, 0.15) is 0 Å². The number of ether oxygens (including phenoxy) is 2. The van der Waals surface area contributed by atoms with E-state index in [4.69, 9.17) is 9.47 Å². The second-order valence-corrected chi connectivity index (χ2v) is 6.76. The largest absolute Gasteiger partial charge is 0.477 e. The number of nitro benzene ring substituents is 1. The molecule has 1 aromatic carbocycles. The highest BCUT2D eigenvalue weighted by Gasteiger charge is 2.34. The number of carbonyl (C=O) groups is 1. The van der Waals surface area contributed by atoms with E-state index in [2.05, 4.69) is 5.10 Å². The van der Waals surface area contributed by atoms with E-state index in [-0.39, 0.29) is 29.8 Å². The van der Waals surface area contributed by atoms with Crippen molar-refractivity contribution in [3.05, 3.63) is 55.8 Å². The van der Waals surface area contributed by atoms with Crippen molar-refractivity contribution in [2.75, 3.05) is 6.61 Å². The molecule has 136 valence electrons. The number of thiophene rings is 1. The van der Waals surface area contributed by atoms with E-state index in [0.717, 1.165) is 16.0 Å². The highest BCUT2D eigenvalue weighted by molar-refractivity contribution is 7.10. The van der Waals surface area contributed by atoms with Gasteiger partial charge < -0.3 is 9.47 Å². The van der Waals surface area contributed by atoms with Crippen LogP contribution in [0, 0.1) is 24.0 Å². The number of benzene rings is 1. The second kappa shape index (κ2) is 7.12. The summed E-state index contributed by atoms with van der Waals surface area (Å²) in [7, 11) is 0. The molecule has 0 saturated heterocycles. The zero-order chi connectivity index (χ0) is 18.8. The lowest BCUT2D eigenvalue weighted by Crippen LogP contribution is -2.25. The predicted molar refractivity (Wildman–Crippen MR) is 96.2 cm³/mol. The summed E-state index contributed by atoms with van der Waals surface area (Å²) >= 11 is 1.47. The van der Waals surface area contributed by atoms with E-state index in [9.17, 15) is 14.9 Å². The lowest BCUT2D eigenvalue weighted by Gasteiger charge is -2.18. The quantitative estimate of drug-likeness (QED) is 0.588. The van der Waals surface area contributed by atoms with Crippen LogP contribution < -0.4 is 4.74 Å². The van der Waals surface area contributed by atoms with Crippen LogP contribution in [0.4, 0.5) is 5.69 Å². The molecule has 1 unspecified atom stereocenters. The molecule has 3 rings (SSSR count). The number of amides is 1. The fourth-order valence-corrected chi connectivity index (χ4v) is 3.44. The molecule has 0 radical (unpaired) electrons. The molecule has 1 atom stereocenters. The number of hydrazone groups is 1. The van der Waals surface area contributed by atoms with Crippen molar-refractivity contribution < 1.29 is 19.2 Å². The van der Waals surface area contributed by atoms with Gasteiger partial charge in [-0.15, -0.1) is 16.4 Å². The summed E-state index contributed by atoms with van der Waals surface area (Å²) in [6.07, 6.45) is -0.640. The minimum atomic E-state index is -0.640. The van der Waals surface area contributed by atoms with Crippen LogP contribution in [0.2, 0.25) is 0 Å². The lowest BCUT2D eigenvalue weighted by atomic mass is 10.2. The lowest BCUT2D eigenvalue weighted by molar-refractivity contribution is -0.385. The molecule has 1 aliphatic heterocycles. The molecule has 0 spiro atoms. The summed E-state index contributed by atoms with van der Waals surface area (Å²) in [5.41, 5.74) is 1.63. The molecule has 1 amide bonds. The zero-order valence-corrected chi connectivity index (χ0v) is 15.3. The molecule has 2 heterocycles. The van der Waals surface area contributed by atoms with Crippen molar-refractivity contribution in [3.63, 3.8) is 0 Å². The predicted octanol–water partition coefficient (Wildman–Crippen LogP) is 3.54. The molecule has 9 heteroatoms. The van der Waals surface area contributed by atoms with Crippen LogP contribution in [0.3, 0.4) is 0 Å². The Kier molecular flexibility index (Phi) is 4.90. The Morgan fingerprint density at radius 2 is 2.19 bits per heavy atom. The average molecular weight is 375 g/mol. The molecular weight excluding hydrogens is 358 g/mol. The van der Waals surface area contributed by atoms with Gasteiger partial charge in [-0.25, -0.2) is 0 Å². The van der Waals surface area contributed by atoms with Gasteiger partial charge in [0.2, 0.25) is 18.0 Å². The monoisotopic (exact) mass is 375 g/mol. The van der Waals surface area contributed by atoms with Crippen LogP contribution in [0.1, 0.15) is 29.2 Å². The highest BCUT2D eigenvalue weighted by Crippen LogP contribution is 2.34. The van der Waals surface area contributed by atoms with Crippen molar-refractivity contribution in [2.24, 2.45) is 5.10 Å². The smallest absolute Gasteiger partial charge is 0.311 e. The van der Waals surface area contributed by atoms with Crippen molar-refractivity contribution in [2.45, 2.75) is 27.0 Å². The van der Waals surface area contributed by atoms with Gasteiger partial charge in [-0.3, -0.25) is 14.9 Å². The number of rotatable bonds is 5. The fourth-order valence-electron chi connectivity index (χ4n) is 2.51. The summed E-state index contributed by atoms with van der Waals surface area (Å²) in [6.45, 7) is 4.98. The maximum Gasteiger partial charge on any atom is 0.311 e. The Labute approximate surface area is 153 Å². The molecule has 0 N–H and O–H groups in total. The third kappa shape index (κ3) is 3.52. The van der Waals surface area contributed by atoms with Crippen LogP contribution in [0.25, 0.3) is 0 Å². The summed E-state index contributed by atoms with van der Waals surface area (Å²) in [6, 6.07) is 6.63. The van der Waals surface area contributed by atoms with Gasteiger partial charge in [-0.05, 0) is 42.5 Å². The van der Waals surface area contributed by atoms with E-state index >= 15 is 0 Å². The van der Waals surface area contributed by atoms with Crippen molar-refractivity contribution in [3.8, 4) is 5.75 Å². The van der Waals surface area contributed by atoms with Gasteiger partial charge in [-0.1, -0.05) is 6.07 Å². The first-order chi connectivity index (χ1) is 12.4. The number of carbonyl (C=O) groups excluding carboxylic acids is 1. The standard InChI is InChI=1S/C17H17N3O5S/c1-10-4-5-14(13(8-10)20(22)23)24-9-15-18-19(12(3)21)17(25-15)16-11(2)6-7-26-16/h4-8,17H,9H2,1-3H3. The summed E-state index contributed by atoms with van der Waals surface area (Å²) < 4.78 is 11.3. The normalized spacial score (nSPS) is 16.2. The molecule has 1 aromatic heterocycles. The van der Waals surface area contributed by atoms with Crippen LogP contribution in [-0.4, -0.2) is 28.3 Å². The number of hydrogen-bond donors (Lipinski definition) is 0. The topological polar surface area (TPSA) is 94.3 Å². The molecule has 1 aliphatic rings. The Balaban J connectivity index is 1.77. The number of nitrogens with zero attached hydrogens (tertiary/aromatic N) is 3. The summed E-state index contributed by atoms with van der Waals surface area (Å²) in [4.78, 5) is 23.4. The van der Waals surface area contributed by atoms with Gasteiger partial charge in [-0.2, -0.15) is 5.01 Å². The van der Waals surface area contributed by atoms with Crippen molar-refractivity contribution in [1.29, 1.82) is 0 Å². The van der Waals surface area contributed by atoms with Gasteiger partial charge in [0.05, 0.1) is 9.80 Å². The SMILES string of the molecule is CC(=O)N1N=C(COc2ccc(C)cc2[N+](=O)[O-])OC1c1sccc1C. The van der Waals surface area contributed by atoms with Gasteiger partial charge in [0.15, 0.2) is 12.4 Å². The van der Waals surface area contributed by atoms with Gasteiger partial charge >= 0.3 is 5.69 Å². The van der Waals surface area contributed by atoms with E-state index in [1.807, 2.05) is 18.4 Å². The van der Waals surface area contributed by atoms with Crippen molar-refractivity contribution >= 4 is 28.8 Å². The molecule has 0 bridgehead atoms. The summed E-state index contributed by atoms with van der Waals surface area (Å²) in [5, 5.41) is 18.5. The number of aryl methyl sites for hydroxylation is 2. The fraction of sp³-hybridized carbons (Fsp3) is 0.294. The molecule has 0 fully saturated rings. The van der Waals surface area contributed by atoms with Gasteiger partial charge in [0.25, 0.3) is 0 Å². The van der Waals surface area contributed by atoms with Crippen molar-refractivity contribution in [1.82, 2.24) is 5.01 Å². The first-order valence-corrected chi connectivity index (χ1v) is 8.70. The first-order valence-electron chi connectivity index (χ1n) is 7.82. The molecular formula is C17H17N3O5S. The molecule has 0 aliphatic carbocycles. The third-order valence-corrected chi connectivity index (χ3v) is 4.85. The number of hydrogen-bond acceptors (Lipinski definition) is 7. The maximum atomic E-state index is 11.9. The third-order valence-electron chi connectivity index (χ3n) is 3.80. The van der Waals surface area contributed by atoms with Gasteiger partial charge in [0, 0.05) is 13.0 Å². The Morgan fingerprint density at radius 1 is 1.42 bits per heavy atom. The van der Waals surface area contributed by atoms with Crippen LogP contribution in [0.15, 0.2) is 34.7 Å². The molecule has 8 nitrogen and oxygen atoms in total. The van der Waals surface area contributed by atoms with E-state index in [1.54, 1.807) is 13.0 Å². The van der Waals surface area contributed by atoms with Crippen LogP contribution in [0.5, 0.6) is 5.75 Å². The molecule has 26 heavy (non-hydrogen) atoms. The highest BCUT2D eigenvalue weighted by atomic mass is 32.1. The van der Waals surface area contributed by atoms with Crippen LogP contribution in [-0.2, 0) is 9.53 Å². The molecule has 0 saturated carbocycles. The maximum absolute atomic E-state index is 11.9. The Morgan fingerprint density at radius 3 is 2.81 bits per heavy atom. The number of nitro groups is 1. The van der Waals surface area contributed by atoms with E-state index in [0.29, 0.717) is 0 Å². The van der Waals surface area contributed by atoms with E-state index < -0.39 is 11.2 Å². The second-order valence-electron chi connectivity index (χ2n) is 5.81. The summed E-state index contributed by atoms with van der Waals surface area (Å²) in [5.74, 6) is 0.0454. The van der Waals surface area contributed by atoms with Crippen LogP contribution >= 0.6 is 11.3 Å². The average Bonchev–Trinajstić information content (AvgIpc) is 3.19. The zero-order valence-electron chi connectivity index (χ0n) is 14.5. The minimum Gasteiger partial charge on any atom is -0.477 e. The minimum absolute atomic E-state index is 0.116. The van der Waals surface area contributed by atoms with E-state index in [1.165, 1.54) is 35.4 Å². The Hall–Kier alpha value is -2.94.